The minimum absolute atomic E-state index is 0.00690. The number of rotatable bonds is 6. The van der Waals surface area contributed by atoms with Gasteiger partial charge in [-0.1, -0.05) is 18.2 Å². The van der Waals surface area contributed by atoms with Crippen LogP contribution >= 0.6 is 0 Å². The topological polar surface area (TPSA) is 49.5 Å². The molecule has 0 amide bonds. The minimum Gasteiger partial charge on any atom is -0.395 e. The predicted octanol–water partition coefficient (Wildman–Crippen LogP) is 1.92. The van der Waals surface area contributed by atoms with Gasteiger partial charge in [-0.25, -0.2) is 4.39 Å². The van der Waals surface area contributed by atoms with Gasteiger partial charge in [0, 0.05) is 23.7 Å². The van der Waals surface area contributed by atoms with E-state index in [1.807, 2.05) is 24.9 Å². The maximum absolute atomic E-state index is 13.8. The predicted molar refractivity (Wildman–Crippen MR) is 74.2 cm³/mol. The van der Waals surface area contributed by atoms with Crippen molar-refractivity contribution in [3.8, 4) is 0 Å². The quantitative estimate of drug-likeness (QED) is 0.827. The number of benzene rings is 1. The van der Waals surface area contributed by atoms with Gasteiger partial charge in [-0.2, -0.15) is 0 Å². The molecule has 1 aliphatic carbocycles. The van der Waals surface area contributed by atoms with E-state index in [2.05, 4.69) is 0 Å². The molecule has 0 bridgehead atoms. The van der Waals surface area contributed by atoms with Gasteiger partial charge in [0.05, 0.1) is 6.61 Å². The summed E-state index contributed by atoms with van der Waals surface area (Å²) >= 11 is 0. The molecule has 0 aliphatic heterocycles. The summed E-state index contributed by atoms with van der Waals surface area (Å²) in [6.45, 7) is 1.95. The summed E-state index contributed by atoms with van der Waals surface area (Å²) in [4.78, 5) is 1.99. The summed E-state index contributed by atoms with van der Waals surface area (Å²) in [7, 11) is 1.90. The first-order valence-electron chi connectivity index (χ1n) is 6.89. The van der Waals surface area contributed by atoms with Gasteiger partial charge >= 0.3 is 0 Å². The molecule has 1 fully saturated rings. The Morgan fingerprint density at radius 1 is 1.42 bits per heavy atom. The summed E-state index contributed by atoms with van der Waals surface area (Å²) in [6, 6.07) is 6.50. The van der Waals surface area contributed by atoms with Gasteiger partial charge in [-0.15, -0.1) is 0 Å². The van der Waals surface area contributed by atoms with Crippen LogP contribution in [0, 0.1) is 11.7 Å². The number of hydrogen-bond acceptors (Lipinski definition) is 3. The van der Waals surface area contributed by atoms with Gasteiger partial charge in [0.25, 0.3) is 0 Å². The molecule has 0 heterocycles. The number of likely N-dealkylation sites (N-methyl/N-ethyl adjacent to an activating group) is 1. The lowest BCUT2D eigenvalue weighted by Crippen LogP contribution is -2.50. The van der Waals surface area contributed by atoms with Crippen LogP contribution < -0.4 is 5.73 Å². The van der Waals surface area contributed by atoms with E-state index >= 15 is 0 Å². The van der Waals surface area contributed by atoms with Gasteiger partial charge in [0.1, 0.15) is 5.82 Å². The number of aliphatic hydroxyl groups excluding tert-OH is 1. The lowest BCUT2D eigenvalue weighted by atomic mass is 9.99. The third kappa shape index (κ3) is 3.14. The summed E-state index contributed by atoms with van der Waals surface area (Å²) in [6.07, 6.45) is 2.28. The van der Waals surface area contributed by atoms with Crippen molar-refractivity contribution in [3.05, 3.63) is 35.6 Å². The maximum Gasteiger partial charge on any atom is 0.127 e. The highest BCUT2D eigenvalue weighted by molar-refractivity contribution is 5.21. The Balaban J connectivity index is 2.12. The molecule has 1 aliphatic rings. The number of nitrogens with two attached hydrogens (primary N) is 1. The normalized spacial score (nSPS) is 20.3. The van der Waals surface area contributed by atoms with Crippen molar-refractivity contribution in [2.75, 3.05) is 13.7 Å². The van der Waals surface area contributed by atoms with Gasteiger partial charge in [-0.05, 0) is 38.8 Å². The van der Waals surface area contributed by atoms with E-state index in [0.717, 1.165) is 12.8 Å². The van der Waals surface area contributed by atoms with Crippen LogP contribution in [0.2, 0.25) is 0 Å². The average molecular weight is 266 g/mol. The van der Waals surface area contributed by atoms with E-state index in [4.69, 9.17) is 5.73 Å². The second-order valence-electron chi connectivity index (χ2n) is 5.53. The minimum atomic E-state index is -0.210. The Morgan fingerprint density at radius 3 is 2.58 bits per heavy atom. The van der Waals surface area contributed by atoms with Crippen molar-refractivity contribution in [2.24, 2.45) is 11.7 Å². The number of halogens is 1. The molecule has 3 atom stereocenters. The van der Waals surface area contributed by atoms with Gasteiger partial charge < -0.3 is 10.8 Å². The lowest BCUT2D eigenvalue weighted by Gasteiger charge is -2.36. The molecule has 0 aromatic heterocycles. The van der Waals surface area contributed by atoms with Crippen LogP contribution in [-0.4, -0.2) is 35.7 Å². The second-order valence-corrected chi connectivity index (χ2v) is 5.53. The molecule has 3 N–H and O–H groups in total. The lowest BCUT2D eigenvalue weighted by molar-refractivity contribution is 0.0898. The van der Waals surface area contributed by atoms with E-state index in [1.165, 1.54) is 6.07 Å². The monoisotopic (exact) mass is 266 g/mol. The fourth-order valence-corrected chi connectivity index (χ4v) is 2.64. The molecule has 2 rings (SSSR count). The average Bonchev–Trinajstić information content (AvgIpc) is 3.23. The van der Waals surface area contributed by atoms with Crippen molar-refractivity contribution in [3.63, 3.8) is 0 Å². The first-order valence-corrected chi connectivity index (χ1v) is 6.89. The Bertz CT molecular complexity index is 422. The van der Waals surface area contributed by atoms with E-state index in [0.29, 0.717) is 11.5 Å². The number of hydrogen-bond donors (Lipinski definition) is 2. The Hall–Kier alpha value is -0.970. The molecule has 3 nitrogen and oxygen atoms in total. The Labute approximate surface area is 114 Å². The fourth-order valence-electron chi connectivity index (χ4n) is 2.64. The molecular weight excluding hydrogens is 243 g/mol. The van der Waals surface area contributed by atoms with Crippen LogP contribution in [0.1, 0.15) is 31.4 Å². The molecular formula is C15H23FN2O. The number of aliphatic hydroxyl groups is 1. The van der Waals surface area contributed by atoms with Crippen molar-refractivity contribution in [1.29, 1.82) is 0 Å². The van der Waals surface area contributed by atoms with Crippen LogP contribution in [0.3, 0.4) is 0 Å². The smallest absolute Gasteiger partial charge is 0.127 e. The van der Waals surface area contributed by atoms with Gasteiger partial charge in [0.15, 0.2) is 0 Å². The van der Waals surface area contributed by atoms with Crippen LogP contribution in [0.5, 0.6) is 0 Å². The molecule has 4 heteroatoms. The molecule has 1 aromatic carbocycles. The summed E-state index contributed by atoms with van der Waals surface area (Å²) in [5.41, 5.74) is 6.84. The third-order valence-corrected chi connectivity index (χ3v) is 4.29. The van der Waals surface area contributed by atoms with Crippen molar-refractivity contribution >= 4 is 0 Å². The van der Waals surface area contributed by atoms with Crippen LogP contribution in [-0.2, 0) is 0 Å². The zero-order chi connectivity index (χ0) is 14.0. The standard InChI is InChI=1S/C15H23FN2O/c1-10(12-5-3-4-6-13(12)16)18(2)14(9-19)15(17)11-7-8-11/h3-6,10-11,14-15,19H,7-9,17H2,1-2H3. The SMILES string of the molecule is CC(c1ccccc1F)N(C)C(CO)C(N)C1CC1. The zero-order valence-corrected chi connectivity index (χ0v) is 11.6. The Morgan fingerprint density at radius 2 is 2.05 bits per heavy atom. The van der Waals surface area contributed by atoms with E-state index < -0.39 is 0 Å². The van der Waals surface area contributed by atoms with Crippen molar-refractivity contribution in [2.45, 2.75) is 37.9 Å². The zero-order valence-electron chi connectivity index (χ0n) is 11.6. The van der Waals surface area contributed by atoms with Crippen molar-refractivity contribution < 1.29 is 9.50 Å². The number of nitrogens with zero attached hydrogens (tertiary/aromatic N) is 1. The Kier molecular flexibility index (Phi) is 4.55. The second kappa shape index (κ2) is 5.99. The van der Waals surface area contributed by atoms with Crippen LogP contribution in [0.25, 0.3) is 0 Å². The first kappa shape index (κ1) is 14.4. The van der Waals surface area contributed by atoms with E-state index in [9.17, 15) is 9.50 Å². The highest BCUT2D eigenvalue weighted by Crippen LogP contribution is 2.35. The molecule has 3 unspecified atom stereocenters. The summed E-state index contributed by atoms with van der Waals surface area (Å²) < 4.78 is 13.8. The molecule has 106 valence electrons. The highest BCUT2D eigenvalue weighted by Gasteiger charge is 2.36. The molecule has 0 radical (unpaired) electrons. The molecule has 19 heavy (non-hydrogen) atoms. The summed E-state index contributed by atoms with van der Waals surface area (Å²) in [5, 5.41) is 9.59. The van der Waals surface area contributed by atoms with Crippen molar-refractivity contribution in [1.82, 2.24) is 4.90 Å². The largest absolute Gasteiger partial charge is 0.395 e. The fraction of sp³-hybridized carbons (Fsp3) is 0.600. The molecule has 0 spiro atoms. The first-order chi connectivity index (χ1) is 9.06. The van der Waals surface area contributed by atoms with Gasteiger partial charge in [0.2, 0.25) is 0 Å². The van der Waals surface area contributed by atoms with Crippen LogP contribution in [0.4, 0.5) is 4.39 Å². The summed E-state index contributed by atoms with van der Waals surface area (Å²) in [5.74, 6) is 0.297. The molecule has 1 saturated carbocycles. The van der Waals surface area contributed by atoms with E-state index in [1.54, 1.807) is 12.1 Å². The highest BCUT2D eigenvalue weighted by atomic mass is 19.1. The third-order valence-electron chi connectivity index (χ3n) is 4.29. The molecule has 0 saturated heterocycles. The van der Waals surface area contributed by atoms with Gasteiger partial charge in [-0.3, -0.25) is 4.90 Å². The van der Waals surface area contributed by atoms with E-state index in [-0.39, 0.29) is 30.5 Å². The molecule has 1 aromatic rings. The maximum atomic E-state index is 13.8. The van der Waals surface area contributed by atoms with Crippen LogP contribution in [0.15, 0.2) is 24.3 Å².